The molecule has 1 aromatic heterocycles. The molecule has 1 unspecified atom stereocenters. The summed E-state index contributed by atoms with van der Waals surface area (Å²) in [6.07, 6.45) is 2.44. The highest BCUT2D eigenvalue weighted by Gasteiger charge is 2.53. The third-order valence-corrected chi connectivity index (χ3v) is 3.69. The van der Waals surface area contributed by atoms with E-state index in [0.717, 1.165) is 0 Å². The van der Waals surface area contributed by atoms with E-state index in [1.54, 1.807) is 12.1 Å². The molecule has 2 aliphatic rings. The molecule has 116 valence electrons. The van der Waals surface area contributed by atoms with Gasteiger partial charge in [-0.15, -0.1) is 0 Å². The van der Waals surface area contributed by atoms with Gasteiger partial charge in [-0.3, -0.25) is 19.3 Å². The first-order chi connectivity index (χ1) is 10.4. The fourth-order valence-electron chi connectivity index (χ4n) is 2.59. The number of ether oxygens (including phenoxy) is 2. The Morgan fingerprint density at radius 2 is 2.18 bits per heavy atom. The number of Topliss-reactive ketones (excluding diaryl/α,β-unsaturated/α-hetero) is 1. The Bertz CT molecular complexity index is 674. The number of esters is 1. The second-order valence-electron chi connectivity index (χ2n) is 5.32. The van der Waals surface area contributed by atoms with Crippen molar-refractivity contribution in [2.24, 2.45) is 0 Å². The first-order valence-electron chi connectivity index (χ1n) is 6.94. The molecule has 0 aliphatic carbocycles. The van der Waals surface area contributed by atoms with Gasteiger partial charge in [0.15, 0.2) is 5.76 Å². The Hall–Kier alpha value is -2.57. The van der Waals surface area contributed by atoms with Gasteiger partial charge in [0.25, 0.3) is 5.78 Å². The van der Waals surface area contributed by atoms with Crippen molar-refractivity contribution in [3.63, 3.8) is 0 Å². The first kappa shape index (κ1) is 14.4. The normalized spacial score (nSPS) is 24.9. The maximum atomic E-state index is 12.7. The van der Waals surface area contributed by atoms with Crippen LogP contribution in [0.1, 0.15) is 32.4 Å². The molecule has 1 amide bonds. The van der Waals surface area contributed by atoms with E-state index in [9.17, 15) is 14.4 Å². The second kappa shape index (κ2) is 5.01. The Labute approximate surface area is 126 Å². The van der Waals surface area contributed by atoms with Crippen molar-refractivity contribution in [3.05, 3.63) is 35.8 Å². The fraction of sp³-hybridized carbons (Fsp3) is 0.400. The van der Waals surface area contributed by atoms with Crippen LogP contribution in [0, 0.1) is 0 Å². The van der Waals surface area contributed by atoms with Crippen molar-refractivity contribution in [2.75, 3.05) is 6.54 Å². The van der Waals surface area contributed by atoms with Crippen LogP contribution in [0.25, 0.3) is 0 Å². The summed E-state index contributed by atoms with van der Waals surface area (Å²) in [5, 5.41) is 0. The number of likely N-dealkylation sites (tertiary alicyclic amines) is 1. The smallest absolute Gasteiger partial charge is 0.308 e. The lowest BCUT2D eigenvalue weighted by Crippen LogP contribution is -2.32. The summed E-state index contributed by atoms with van der Waals surface area (Å²) in [6, 6.07) is 3.22. The second-order valence-corrected chi connectivity index (χ2v) is 5.32. The van der Waals surface area contributed by atoms with Gasteiger partial charge in [0, 0.05) is 19.9 Å². The van der Waals surface area contributed by atoms with Crippen molar-refractivity contribution < 1.29 is 28.3 Å². The highest BCUT2D eigenvalue weighted by molar-refractivity contribution is 6.04. The maximum absolute atomic E-state index is 12.7. The minimum atomic E-state index is -1.45. The van der Waals surface area contributed by atoms with E-state index in [0.29, 0.717) is 19.4 Å². The Morgan fingerprint density at radius 1 is 1.41 bits per heavy atom. The highest BCUT2D eigenvalue weighted by atomic mass is 16.6. The Morgan fingerprint density at radius 3 is 2.73 bits per heavy atom. The molecule has 0 spiro atoms. The molecule has 7 nitrogen and oxygen atoms in total. The summed E-state index contributed by atoms with van der Waals surface area (Å²) in [5.74, 6) is -1.35. The highest BCUT2D eigenvalue weighted by Crippen LogP contribution is 2.41. The lowest BCUT2D eigenvalue weighted by atomic mass is 9.98. The summed E-state index contributed by atoms with van der Waals surface area (Å²) in [5.41, 5.74) is -1.45. The lowest BCUT2D eigenvalue weighted by Gasteiger charge is -2.23. The predicted molar refractivity (Wildman–Crippen MR) is 71.9 cm³/mol. The third-order valence-electron chi connectivity index (χ3n) is 3.69. The summed E-state index contributed by atoms with van der Waals surface area (Å²) in [6.45, 7) is 3.12. The summed E-state index contributed by atoms with van der Waals surface area (Å²) in [4.78, 5) is 37.2. The molecule has 1 aromatic rings. The Kier molecular flexibility index (Phi) is 3.27. The molecule has 2 aliphatic heterocycles. The van der Waals surface area contributed by atoms with Crippen LogP contribution in [0.4, 0.5) is 0 Å². The summed E-state index contributed by atoms with van der Waals surface area (Å²) in [7, 11) is 0. The van der Waals surface area contributed by atoms with Gasteiger partial charge in [-0.2, -0.15) is 0 Å². The molecule has 7 heteroatoms. The topological polar surface area (TPSA) is 86.1 Å². The van der Waals surface area contributed by atoms with Gasteiger partial charge >= 0.3 is 5.97 Å². The van der Waals surface area contributed by atoms with Crippen LogP contribution in [-0.2, 0) is 29.5 Å². The van der Waals surface area contributed by atoms with Crippen molar-refractivity contribution in [1.82, 2.24) is 4.90 Å². The van der Waals surface area contributed by atoms with Crippen LogP contribution in [0.15, 0.2) is 34.5 Å². The van der Waals surface area contributed by atoms with Crippen LogP contribution in [0.3, 0.4) is 0 Å². The Balaban J connectivity index is 2.03. The number of carbonyl (C=O) groups is 3. The molecule has 0 bridgehead atoms. The lowest BCUT2D eigenvalue weighted by molar-refractivity contribution is -0.143. The van der Waals surface area contributed by atoms with E-state index < -0.39 is 17.4 Å². The molecule has 3 heterocycles. The zero-order valence-corrected chi connectivity index (χ0v) is 12.3. The molecule has 1 saturated heterocycles. The van der Waals surface area contributed by atoms with Gasteiger partial charge in [-0.1, -0.05) is 0 Å². The van der Waals surface area contributed by atoms with E-state index >= 15 is 0 Å². The average molecular weight is 305 g/mol. The number of nitrogens with zero attached hydrogens (tertiary/aromatic N) is 1. The van der Waals surface area contributed by atoms with Gasteiger partial charge in [-0.05, 0) is 25.5 Å². The van der Waals surface area contributed by atoms with Gasteiger partial charge in [0.05, 0.1) is 6.26 Å². The molecule has 1 fully saturated rings. The first-order valence-corrected chi connectivity index (χ1v) is 6.94. The van der Waals surface area contributed by atoms with Gasteiger partial charge in [0.2, 0.25) is 23.2 Å². The number of carbonyl (C=O) groups excluding carboxylic acids is 3. The van der Waals surface area contributed by atoms with Crippen molar-refractivity contribution >= 4 is 17.7 Å². The average Bonchev–Trinajstić information content (AvgIpc) is 3.16. The SMILES string of the molecule is CC(=O)OC1=C(N2CCCC2=O)OC(C)(c2ccco2)C1=O. The minimum absolute atomic E-state index is 0.0124. The number of ketones is 1. The fourth-order valence-corrected chi connectivity index (χ4v) is 2.59. The zero-order chi connectivity index (χ0) is 15.9. The van der Waals surface area contributed by atoms with Crippen LogP contribution in [-0.4, -0.2) is 29.1 Å². The van der Waals surface area contributed by atoms with Crippen molar-refractivity contribution in [2.45, 2.75) is 32.3 Å². The van der Waals surface area contributed by atoms with Gasteiger partial charge < -0.3 is 13.9 Å². The van der Waals surface area contributed by atoms with E-state index in [4.69, 9.17) is 13.9 Å². The quantitative estimate of drug-likeness (QED) is 0.786. The van der Waals surface area contributed by atoms with Crippen LogP contribution < -0.4 is 0 Å². The monoisotopic (exact) mass is 305 g/mol. The van der Waals surface area contributed by atoms with E-state index in [2.05, 4.69) is 0 Å². The van der Waals surface area contributed by atoms with Crippen LogP contribution >= 0.6 is 0 Å². The minimum Gasteiger partial charge on any atom is -0.465 e. The largest absolute Gasteiger partial charge is 0.465 e. The number of amides is 1. The summed E-state index contributed by atoms with van der Waals surface area (Å²) >= 11 is 0. The number of furan rings is 1. The molecule has 0 aromatic carbocycles. The van der Waals surface area contributed by atoms with Crippen molar-refractivity contribution in [1.29, 1.82) is 0 Å². The summed E-state index contributed by atoms with van der Waals surface area (Å²) < 4.78 is 16.0. The molecular weight excluding hydrogens is 290 g/mol. The molecule has 0 saturated carbocycles. The maximum Gasteiger partial charge on any atom is 0.308 e. The zero-order valence-electron chi connectivity index (χ0n) is 12.3. The predicted octanol–water partition coefficient (Wildman–Crippen LogP) is 1.45. The van der Waals surface area contributed by atoms with Gasteiger partial charge in [-0.25, -0.2) is 0 Å². The van der Waals surface area contributed by atoms with E-state index in [1.165, 1.54) is 25.0 Å². The number of hydrogen-bond acceptors (Lipinski definition) is 6. The number of hydrogen-bond donors (Lipinski definition) is 0. The van der Waals surface area contributed by atoms with Crippen LogP contribution in [0.5, 0.6) is 0 Å². The molecule has 0 radical (unpaired) electrons. The molecule has 22 heavy (non-hydrogen) atoms. The van der Waals surface area contributed by atoms with Crippen LogP contribution in [0.2, 0.25) is 0 Å². The third kappa shape index (κ3) is 2.09. The van der Waals surface area contributed by atoms with E-state index in [1.807, 2.05) is 0 Å². The molecule has 1 atom stereocenters. The molecule has 3 rings (SSSR count). The number of rotatable bonds is 3. The van der Waals surface area contributed by atoms with E-state index in [-0.39, 0.29) is 23.3 Å². The van der Waals surface area contributed by atoms with Gasteiger partial charge in [0.1, 0.15) is 0 Å². The van der Waals surface area contributed by atoms with Crippen molar-refractivity contribution in [3.8, 4) is 0 Å². The molecular formula is C15H15NO6. The molecule has 0 N–H and O–H groups in total. The standard InChI is InChI=1S/C15H15NO6/c1-9(17)21-12-13(19)15(2,10-5-4-8-20-10)22-14(12)16-7-3-6-11(16)18/h4-5,8H,3,6-7H2,1-2H3.